The van der Waals surface area contributed by atoms with Crippen molar-refractivity contribution in [1.29, 1.82) is 0 Å². The Labute approximate surface area is 107 Å². The highest BCUT2D eigenvalue weighted by molar-refractivity contribution is 7.92. The molecule has 1 fully saturated rings. The quantitative estimate of drug-likeness (QED) is 0.867. The average molecular weight is 271 g/mol. The smallest absolute Gasteiger partial charge is 0.230 e. The summed E-state index contributed by atoms with van der Waals surface area (Å²) >= 11 is 0. The van der Waals surface area contributed by atoms with Gasteiger partial charge in [0.1, 0.15) is 5.82 Å². The lowest BCUT2D eigenvalue weighted by Crippen LogP contribution is -2.15. The second-order valence-electron chi connectivity index (χ2n) is 4.62. The number of pyridine rings is 1. The number of rotatable bonds is 5. The van der Waals surface area contributed by atoms with Crippen LogP contribution in [-0.4, -0.2) is 39.9 Å². The van der Waals surface area contributed by atoms with Crippen LogP contribution in [0, 0.1) is 0 Å². The van der Waals surface area contributed by atoms with Crippen LogP contribution in [-0.2, 0) is 10.0 Å². The Morgan fingerprint density at radius 1 is 1.44 bits per heavy atom. The first kappa shape index (κ1) is 12.9. The molecule has 0 unspecified atom stereocenters. The van der Waals surface area contributed by atoms with Crippen molar-refractivity contribution in [3.63, 3.8) is 0 Å². The fraction of sp³-hybridized carbons (Fsp3) is 0.545. The zero-order chi connectivity index (χ0) is 13.3. The van der Waals surface area contributed by atoms with Gasteiger partial charge < -0.3 is 9.64 Å². The molecule has 1 aromatic heterocycles. The SMILES string of the molecule is CN(C)c1cc(NS(C)(=O)=O)ncc1OC1CC1. The molecule has 0 atom stereocenters. The van der Waals surface area contributed by atoms with Crippen LogP contribution in [0.3, 0.4) is 0 Å². The van der Waals surface area contributed by atoms with Crippen LogP contribution < -0.4 is 14.4 Å². The van der Waals surface area contributed by atoms with Gasteiger partial charge in [-0.3, -0.25) is 4.72 Å². The number of hydrogen-bond donors (Lipinski definition) is 1. The lowest BCUT2D eigenvalue weighted by molar-refractivity contribution is 0.303. The second kappa shape index (κ2) is 4.64. The zero-order valence-electron chi connectivity index (χ0n) is 10.7. The van der Waals surface area contributed by atoms with Gasteiger partial charge >= 0.3 is 0 Å². The highest BCUT2D eigenvalue weighted by Crippen LogP contribution is 2.34. The van der Waals surface area contributed by atoms with Gasteiger partial charge in [0, 0.05) is 20.2 Å². The Bertz CT molecular complexity index is 538. The number of sulfonamides is 1. The summed E-state index contributed by atoms with van der Waals surface area (Å²) in [7, 11) is 0.434. The van der Waals surface area contributed by atoms with Gasteiger partial charge in [-0.2, -0.15) is 0 Å². The zero-order valence-corrected chi connectivity index (χ0v) is 11.5. The maximum absolute atomic E-state index is 11.2. The standard InChI is InChI=1S/C11H17N3O3S/c1-14(2)9-6-11(13-18(3,15)16)12-7-10(9)17-8-4-5-8/h6-8H,4-5H2,1-3H3,(H,12,13). The fourth-order valence-electron chi connectivity index (χ4n) is 1.48. The molecule has 1 aromatic rings. The minimum Gasteiger partial charge on any atom is -0.487 e. The highest BCUT2D eigenvalue weighted by atomic mass is 32.2. The molecule has 0 saturated heterocycles. The molecule has 7 heteroatoms. The molecule has 0 amide bonds. The van der Waals surface area contributed by atoms with E-state index in [0.717, 1.165) is 24.8 Å². The Morgan fingerprint density at radius 2 is 2.11 bits per heavy atom. The summed E-state index contributed by atoms with van der Waals surface area (Å²) < 4.78 is 30.4. The van der Waals surface area contributed by atoms with Crippen LogP contribution in [0.2, 0.25) is 0 Å². The monoisotopic (exact) mass is 271 g/mol. The first-order valence-electron chi connectivity index (χ1n) is 5.67. The van der Waals surface area contributed by atoms with Crippen LogP contribution in [0.15, 0.2) is 12.3 Å². The number of anilines is 2. The van der Waals surface area contributed by atoms with Crippen molar-refractivity contribution >= 4 is 21.5 Å². The summed E-state index contributed by atoms with van der Waals surface area (Å²) in [5, 5.41) is 0. The molecule has 100 valence electrons. The maximum atomic E-state index is 11.2. The molecule has 0 bridgehead atoms. The molecule has 1 aliphatic rings. The van der Waals surface area contributed by atoms with E-state index in [0.29, 0.717) is 11.6 Å². The van der Waals surface area contributed by atoms with Crippen molar-refractivity contribution in [3.8, 4) is 5.75 Å². The normalized spacial score (nSPS) is 15.3. The van der Waals surface area contributed by atoms with Crippen molar-refractivity contribution in [3.05, 3.63) is 12.3 Å². The molecule has 1 aliphatic carbocycles. The van der Waals surface area contributed by atoms with Crippen molar-refractivity contribution in [2.45, 2.75) is 18.9 Å². The van der Waals surface area contributed by atoms with Gasteiger partial charge in [0.15, 0.2) is 5.75 Å². The Morgan fingerprint density at radius 3 is 2.61 bits per heavy atom. The van der Waals surface area contributed by atoms with E-state index in [9.17, 15) is 8.42 Å². The first-order valence-corrected chi connectivity index (χ1v) is 7.56. The van der Waals surface area contributed by atoms with E-state index < -0.39 is 10.0 Å². The third-order valence-electron chi connectivity index (χ3n) is 2.44. The molecule has 1 heterocycles. The molecule has 1 saturated carbocycles. The van der Waals surface area contributed by atoms with Gasteiger partial charge in [-0.25, -0.2) is 13.4 Å². The first-order chi connectivity index (χ1) is 8.35. The number of ether oxygens (including phenoxy) is 1. The molecule has 0 radical (unpaired) electrons. The summed E-state index contributed by atoms with van der Waals surface area (Å²) in [5.74, 6) is 0.978. The third kappa shape index (κ3) is 3.49. The van der Waals surface area contributed by atoms with Gasteiger partial charge in [-0.1, -0.05) is 0 Å². The van der Waals surface area contributed by atoms with Crippen molar-refractivity contribution in [1.82, 2.24) is 4.98 Å². The van der Waals surface area contributed by atoms with E-state index in [2.05, 4.69) is 9.71 Å². The summed E-state index contributed by atoms with van der Waals surface area (Å²) in [5.41, 5.74) is 0.808. The van der Waals surface area contributed by atoms with E-state index in [1.54, 1.807) is 12.3 Å². The largest absolute Gasteiger partial charge is 0.487 e. The highest BCUT2D eigenvalue weighted by Gasteiger charge is 2.25. The number of aromatic nitrogens is 1. The van der Waals surface area contributed by atoms with Gasteiger partial charge in [-0.05, 0) is 12.8 Å². The fourth-order valence-corrected chi connectivity index (χ4v) is 1.98. The summed E-state index contributed by atoms with van der Waals surface area (Å²) in [6.45, 7) is 0. The predicted octanol–water partition coefficient (Wildman–Crippen LogP) is 1.06. The van der Waals surface area contributed by atoms with E-state index in [4.69, 9.17) is 4.74 Å². The molecular weight excluding hydrogens is 254 g/mol. The number of nitrogens with zero attached hydrogens (tertiary/aromatic N) is 2. The number of hydrogen-bond acceptors (Lipinski definition) is 5. The Kier molecular flexibility index (Phi) is 3.34. The van der Waals surface area contributed by atoms with E-state index in [-0.39, 0.29) is 6.10 Å². The molecule has 0 spiro atoms. The topological polar surface area (TPSA) is 71.5 Å². The molecule has 1 N–H and O–H groups in total. The Hall–Kier alpha value is -1.50. The molecule has 0 aromatic carbocycles. The van der Waals surface area contributed by atoms with Crippen molar-refractivity contribution < 1.29 is 13.2 Å². The Balaban J connectivity index is 2.27. The predicted molar refractivity (Wildman–Crippen MR) is 70.7 cm³/mol. The number of nitrogens with one attached hydrogen (secondary N) is 1. The minimum atomic E-state index is -3.32. The summed E-state index contributed by atoms with van der Waals surface area (Å²) in [4.78, 5) is 5.91. The van der Waals surface area contributed by atoms with E-state index >= 15 is 0 Å². The minimum absolute atomic E-state index is 0.277. The van der Waals surface area contributed by atoms with Gasteiger partial charge in [0.25, 0.3) is 0 Å². The van der Waals surface area contributed by atoms with Crippen LogP contribution in [0.1, 0.15) is 12.8 Å². The van der Waals surface area contributed by atoms with Crippen LogP contribution in [0.25, 0.3) is 0 Å². The van der Waals surface area contributed by atoms with E-state index in [1.807, 2.05) is 19.0 Å². The van der Waals surface area contributed by atoms with Crippen molar-refractivity contribution in [2.24, 2.45) is 0 Å². The van der Waals surface area contributed by atoms with Gasteiger partial charge in [0.05, 0.1) is 24.2 Å². The molecule has 2 rings (SSSR count). The molecular formula is C11H17N3O3S. The van der Waals surface area contributed by atoms with Crippen molar-refractivity contribution in [2.75, 3.05) is 30.0 Å². The maximum Gasteiger partial charge on any atom is 0.230 e. The van der Waals surface area contributed by atoms with Crippen LogP contribution in [0.5, 0.6) is 5.75 Å². The van der Waals surface area contributed by atoms with Gasteiger partial charge in [-0.15, -0.1) is 0 Å². The van der Waals surface area contributed by atoms with Crippen LogP contribution in [0.4, 0.5) is 11.5 Å². The summed E-state index contributed by atoms with van der Waals surface area (Å²) in [6.07, 6.45) is 5.06. The lowest BCUT2D eigenvalue weighted by atomic mass is 10.3. The average Bonchev–Trinajstić information content (AvgIpc) is 3.01. The lowest BCUT2D eigenvalue weighted by Gasteiger charge is -2.18. The summed E-state index contributed by atoms with van der Waals surface area (Å²) in [6, 6.07) is 1.67. The van der Waals surface area contributed by atoms with E-state index in [1.165, 1.54) is 0 Å². The molecule has 18 heavy (non-hydrogen) atoms. The second-order valence-corrected chi connectivity index (χ2v) is 6.37. The van der Waals surface area contributed by atoms with Gasteiger partial charge in [0.2, 0.25) is 10.0 Å². The molecule has 0 aliphatic heterocycles. The van der Waals surface area contributed by atoms with Crippen LogP contribution >= 0.6 is 0 Å². The third-order valence-corrected chi connectivity index (χ3v) is 3.02. The molecule has 6 nitrogen and oxygen atoms in total.